The van der Waals surface area contributed by atoms with Gasteiger partial charge in [0.25, 0.3) is 0 Å². The molecule has 0 aromatic carbocycles. The van der Waals surface area contributed by atoms with Crippen LogP contribution >= 0.6 is 27.7 Å². The molecule has 3 aromatic rings. The summed E-state index contributed by atoms with van der Waals surface area (Å²) in [5.41, 5.74) is 2.76. The maximum Gasteiger partial charge on any atom is 0.192 e. The summed E-state index contributed by atoms with van der Waals surface area (Å²) in [5.74, 6) is 0. The van der Waals surface area contributed by atoms with Crippen LogP contribution in [0.3, 0.4) is 0 Å². The fraction of sp³-hybridized carbons (Fsp3) is 0.0769. The summed E-state index contributed by atoms with van der Waals surface area (Å²) >= 11 is 4.89. The summed E-state index contributed by atoms with van der Waals surface area (Å²) in [5, 5.41) is 0.711. The Balaban J connectivity index is 2.03. The highest BCUT2D eigenvalue weighted by Gasteiger charge is 2.07. The Kier molecular flexibility index (Phi) is 3.44. The van der Waals surface area contributed by atoms with Gasteiger partial charge in [-0.1, -0.05) is 0 Å². The molecule has 0 saturated heterocycles. The smallest absolute Gasteiger partial charge is 0.192 e. The first-order chi connectivity index (χ1) is 9.22. The second-order valence-corrected chi connectivity index (χ2v) is 5.90. The van der Waals surface area contributed by atoms with E-state index in [2.05, 4.69) is 35.9 Å². The van der Waals surface area contributed by atoms with Crippen LogP contribution in [0.1, 0.15) is 5.56 Å². The molecule has 0 unspecified atom stereocenters. The molecule has 0 radical (unpaired) electrons. The van der Waals surface area contributed by atoms with Crippen LogP contribution in [0.4, 0.5) is 0 Å². The van der Waals surface area contributed by atoms with E-state index < -0.39 is 0 Å². The van der Waals surface area contributed by atoms with Gasteiger partial charge < -0.3 is 0 Å². The number of pyridine rings is 2. The molecule has 3 aromatic heterocycles. The van der Waals surface area contributed by atoms with Crippen LogP contribution in [0.15, 0.2) is 51.4 Å². The zero-order valence-electron chi connectivity index (χ0n) is 10.0. The van der Waals surface area contributed by atoms with E-state index in [9.17, 15) is 0 Å². The van der Waals surface area contributed by atoms with Crippen LogP contribution in [0, 0.1) is 6.92 Å². The Labute approximate surface area is 122 Å². The Morgan fingerprint density at radius 3 is 2.63 bits per heavy atom. The number of nitrogens with zero attached hydrogens (tertiary/aromatic N) is 4. The quantitative estimate of drug-likeness (QED) is 0.670. The number of aromatic nitrogens is 4. The summed E-state index contributed by atoms with van der Waals surface area (Å²) in [4.78, 5) is 18.3. The Hall–Kier alpha value is -1.53. The van der Waals surface area contributed by atoms with Gasteiger partial charge in [0, 0.05) is 34.2 Å². The summed E-state index contributed by atoms with van der Waals surface area (Å²) in [6, 6.07) is 3.87. The van der Waals surface area contributed by atoms with E-state index in [-0.39, 0.29) is 0 Å². The van der Waals surface area contributed by atoms with E-state index in [1.807, 2.05) is 31.5 Å². The van der Waals surface area contributed by atoms with Gasteiger partial charge in [-0.15, -0.1) is 0 Å². The SMILES string of the molecule is Cc1cnc(Sc2ccnc3cc(Br)cnc23)nc1. The molecule has 3 heterocycles. The number of halogens is 1. The number of hydrogen-bond donors (Lipinski definition) is 0. The van der Waals surface area contributed by atoms with Gasteiger partial charge in [0.05, 0.1) is 5.52 Å². The van der Waals surface area contributed by atoms with Gasteiger partial charge in [0.15, 0.2) is 5.16 Å². The minimum absolute atomic E-state index is 0.711. The number of aryl methyl sites for hydroxylation is 1. The monoisotopic (exact) mass is 332 g/mol. The highest BCUT2D eigenvalue weighted by atomic mass is 79.9. The molecule has 0 bridgehead atoms. The van der Waals surface area contributed by atoms with E-state index in [1.165, 1.54) is 11.8 Å². The van der Waals surface area contributed by atoms with Crippen molar-refractivity contribution < 1.29 is 0 Å². The molecule has 0 aliphatic carbocycles. The molecule has 0 fully saturated rings. The minimum Gasteiger partial charge on any atom is -0.254 e. The summed E-state index contributed by atoms with van der Waals surface area (Å²) < 4.78 is 0.918. The topological polar surface area (TPSA) is 51.6 Å². The number of rotatable bonds is 2. The average Bonchev–Trinajstić information content (AvgIpc) is 2.41. The fourth-order valence-electron chi connectivity index (χ4n) is 1.60. The third-order valence-corrected chi connectivity index (χ3v) is 3.84. The van der Waals surface area contributed by atoms with Gasteiger partial charge in [0.1, 0.15) is 5.52 Å². The van der Waals surface area contributed by atoms with E-state index in [4.69, 9.17) is 0 Å². The third kappa shape index (κ3) is 2.74. The minimum atomic E-state index is 0.711. The molecule has 0 aliphatic heterocycles. The molecule has 0 atom stereocenters. The molecule has 6 heteroatoms. The van der Waals surface area contributed by atoms with Crippen LogP contribution in [0.25, 0.3) is 11.0 Å². The van der Waals surface area contributed by atoms with Crippen LogP contribution in [-0.2, 0) is 0 Å². The first kappa shape index (κ1) is 12.5. The van der Waals surface area contributed by atoms with Crippen molar-refractivity contribution >= 4 is 38.7 Å². The van der Waals surface area contributed by atoms with Crippen LogP contribution in [-0.4, -0.2) is 19.9 Å². The molecular formula is C13H9BrN4S. The zero-order chi connectivity index (χ0) is 13.2. The molecule has 4 nitrogen and oxygen atoms in total. The lowest BCUT2D eigenvalue weighted by Gasteiger charge is -2.04. The largest absolute Gasteiger partial charge is 0.254 e. The first-order valence-corrected chi connectivity index (χ1v) is 7.20. The van der Waals surface area contributed by atoms with Crippen molar-refractivity contribution in [1.82, 2.24) is 19.9 Å². The highest BCUT2D eigenvalue weighted by Crippen LogP contribution is 2.30. The second kappa shape index (κ2) is 5.22. The van der Waals surface area contributed by atoms with E-state index in [0.717, 1.165) is 26.0 Å². The normalized spacial score (nSPS) is 10.8. The molecule has 94 valence electrons. The van der Waals surface area contributed by atoms with Gasteiger partial charge in [-0.3, -0.25) is 9.97 Å². The fourth-order valence-corrected chi connectivity index (χ4v) is 2.70. The molecule has 0 aliphatic rings. The molecule has 19 heavy (non-hydrogen) atoms. The van der Waals surface area contributed by atoms with Crippen molar-refractivity contribution in [2.45, 2.75) is 17.0 Å². The lowest BCUT2D eigenvalue weighted by molar-refractivity contribution is 0.950. The van der Waals surface area contributed by atoms with Crippen molar-refractivity contribution in [3.63, 3.8) is 0 Å². The average molecular weight is 333 g/mol. The molecule has 0 N–H and O–H groups in total. The molecule has 3 rings (SSSR count). The summed E-state index contributed by atoms with van der Waals surface area (Å²) in [6.07, 6.45) is 7.16. The first-order valence-electron chi connectivity index (χ1n) is 5.59. The van der Waals surface area contributed by atoms with Gasteiger partial charge in [0.2, 0.25) is 0 Å². The van der Waals surface area contributed by atoms with Crippen LogP contribution in [0.2, 0.25) is 0 Å². The lowest BCUT2D eigenvalue weighted by Crippen LogP contribution is -1.89. The van der Waals surface area contributed by atoms with Crippen molar-refractivity contribution in [1.29, 1.82) is 0 Å². The second-order valence-electron chi connectivity index (χ2n) is 3.98. The third-order valence-electron chi connectivity index (χ3n) is 2.47. The standard InChI is InChI=1S/C13H9BrN4S/c1-8-5-17-13(18-6-8)19-11-2-3-15-10-4-9(14)7-16-12(10)11/h2-7H,1H3. The number of hydrogen-bond acceptors (Lipinski definition) is 5. The molecule has 0 spiro atoms. The van der Waals surface area contributed by atoms with Crippen molar-refractivity contribution in [3.8, 4) is 0 Å². The highest BCUT2D eigenvalue weighted by molar-refractivity contribution is 9.10. The van der Waals surface area contributed by atoms with E-state index in [1.54, 1.807) is 12.4 Å². The van der Waals surface area contributed by atoms with Gasteiger partial charge in [-0.05, 0) is 52.3 Å². The van der Waals surface area contributed by atoms with E-state index >= 15 is 0 Å². The summed E-state index contributed by atoms with van der Waals surface area (Å²) in [6.45, 7) is 1.97. The van der Waals surface area contributed by atoms with Gasteiger partial charge in [-0.25, -0.2) is 9.97 Å². The molecule has 0 saturated carbocycles. The van der Waals surface area contributed by atoms with Crippen LogP contribution < -0.4 is 0 Å². The molecular weight excluding hydrogens is 324 g/mol. The maximum atomic E-state index is 4.41. The maximum absolute atomic E-state index is 4.41. The predicted octanol–water partition coefficient (Wildman–Crippen LogP) is 3.64. The Morgan fingerprint density at radius 1 is 1.05 bits per heavy atom. The van der Waals surface area contributed by atoms with Crippen molar-refractivity contribution in [3.05, 3.63) is 47.0 Å². The molecule has 0 amide bonds. The number of fused-ring (bicyclic) bond motifs is 1. The van der Waals surface area contributed by atoms with E-state index in [0.29, 0.717) is 5.16 Å². The van der Waals surface area contributed by atoms with Crippen LogP contribution in [0.5, 0.6) is 0 Å². The van der Waals surface area contributed by atoms with Crippen molar-refractivity contribution in [2.75, 3.05) is 0 Å². The Morgan fingerprint density at radius 2 is 1.84 bits per heavy atom. The summed E-state index contributed by atoms with van der Waals surface area (Å²) in [7, 11) is 0. The van der Waals surface area contributed by atoms with Gasteiger partial charge in [-0.2, -0.15) is 0 Å². The van der Waals surface area contributed by atoms with Gasteiger partial charge >= 0.3 is 0 Å². The Bertz CT molecular complexity index is 730. The van der Waals surface area contributed by atoms with Crippen molar-refractivity contribution in [2.24, 2.45) is 0 Å². The lowest BCUT2D eigenvalue weighted by atomic mass is 10.3. The zero-order valence-corrected chi connectivity index (χ0v) is 12.4. The predicted molar refractivity (Wildman–Crippen MR) is 78.1 cm³/mol.